The first kappa shape index (κ1) is 15.5. The number of carbonyl (C=O) groups excluding carboxylic acids is 1. The molecule has 3 nitrogen and oxygen atoms in total. The van der Waals surface area contributed by atoms with E-state index in [1.165, 1.54) is 5.56 Å². The Bertz CT molecular complexity index is 654. The molecule has 0 N–H and O–H groups in total. The first-order chi connectivity index (χ1) is 11.3. The Hall–Kier alpha value is -2.39. The molecule has 3 rings (SSSR count). The molecule has 1 aliphatic rings. The zero-order valence-electron chi connectivity index (χ0n) is 13.3. The summed E-state index contributed by atoms with van der Waals surface area (Å²) in [4.78, 5) is 17.1. The molecule has 3 heteroatoms. The van der Waals surface area contributed by atoms with Crippen LogP contribution in [0.3, 0.4) is 0 Å². The van der Waals surface area contributed by atoms with Crippen molar-refractivity contribution in [3.05, 3.63) is 78.9 Å². The molecule has 23 heavy (non-hydrogen) atoms. The van der Waals surface area contributed by atoms with Crippen molar-refractivity contribution in [3.8, 4) is 0 Å². The topological polar surface area (TPSA) is 23.6 Å². The van der Waals surface area contributed by atoms with Gasteiger partial charge >= 0.3 is 0 Å². The number of rotatable bonds is 5. The Morgan fingerprint density at radius 1 is 1.00 bits per heavy atom. The lowest BCUT2D eigenvalue weighted by Crippen LogP contribution is -2.56. The van der Waals surface area contributed by atoms with Crippen LogP contribution in [0.15, 0.2) is 73.3 Å². The summed E-state index contributed by atoms with van der Waals surface area (Å²) in [6, 6.07) is 20.1. The third-order valence-electron chi connectivity index (χ3n) is 4.29. The average molecular weight is 306 g/mol. The monoisotopic (exact) mass is 306 g/mol. The SMILES string of the molecule is C=CCC1C(=O)N(c2ccccc2)CCN1Cc1ccccc1. The van der Waals surface area contributed by atoms with Gasteiger partial charge in [0.2, 0.25) is 5.91 Å². The van der Waals surface area contributed by atoms with Crippen LogP contribution in [0.1, 0.15) is 12.0 Å². The van der Waals surface area contributed by atoms with Gasteiger partial charge in [0.25, 0.3) is 0 Å². The van der Waals surface area contributed by atoms with E-state index in [9.17, 15) is 4.79 Å². The molecule has 1 atom stereocenters. The average Bonchev–Trinajstić information content (AvgIpc) is 2.60. The number of benzene rings is 2. The minimum atomic E-state index is -0.137. The van der Waals surface area contributed by atoms with Gasteiger partial charge in [0.15, 0.2) is 0 Å². The number of para-hydroxylation sites is 1. The lowest BCUT2D eigenvalue weighted by molar-refractivity contribution is -0.126. The van der Waals surface area contributed by atoms with E-state index in [0.29, 0.717) is 6.42 Å². The Kier molecular flexibility index (Phi) is 4.89. The summed E-state index contributed by atoms with van der Waals surface area (Å²) in [5.41, 5.74) is 2.22. The molecule has 118 valence electrons. The maximum Gasteiger partial charge on any atom is 0.244 e. The number of carbonyl (C=O) groups is 1. The van der Waals surface area contributed by atoms with Crippen molar-refractivity contribution in [1.29, 1.82) is 0 Å². The van der Waals surface area contributed by atoms with Crippen molar-refractivity contribution in [2.45, 2.75) is 19.0 Å². The van der Waals surface area contributed by atoms with Gasteiger partial charge in [-0.3, -0.25) is 9.69 Å². The minimum absolute atomic E-state index is 0.137. The summed E-state index contributed by atoms with van der Waals surface area (Å²) in [7, 11) is 0. The molecule has 2 aromatic rings. The van der Waals surface area contributed by atoms with Crippen molar-refractivity contribution in [1.82, 2.24) is 4.90 Å². The van der Waals surface area contributed by atoms with Crippen LogP contribution in [-0.4, -0.2) is 29.9 Å². The van der Waals surface area contributed by atoms with E-state index in [2.05, 4.69) is 23.6 Å². The molecule has 0 aliphatic carbocycles. The fraction of sp³-hybridized carbons (Fsp3) is 0.250. The van der Waals surface area contributed by atoms with Crippen molar-refractivity contribution in [3.63, 3.8) is 0 Å². The normalized spacial score (nSPS) is 18.9. The van der Waals surface area contributed by atoms with Gasteiger partial charge in [-0.1, -0.05) is 54.6 Å². The van der Waals surface area contributed by atoms with Crippen LogP contribution in [0, 0.1) is 0 Å². The van der Waals surface area contributed by atoms with Crippen molar-refractivity contribution < 1.29 is 4.79 Å². The fourth-order valence-corrected chi connectivity index (χ4v) is 3.11. The summed E-state index contributed by atoms with van der Waals surface area (Å²) in [5, 5.41) is 0. The second kappa shape index (κ2) is 7.25. The molecule has 1 fully saturated rings. The van der Waals surface area contributed by atoms with E-state index in [4.69, 9.17) is 0 Å². The number of nitrogens with zero attached hydrogens (tertiary/aromatic N) is 2. The second-order valence-electron chi connectivity index (χ2n) is 5.82. The Morgan fingerprint density at radius 2 is 1.65 bits per heavy atom. The van der Waals surface area contributed by atoms with E-state index in [1.54, 1.807) is 0 Å². The highest BCUT2D eigenvalue weighted by molar-refractivity contribution is 5.98. The third kappa shape index (κ3) is 3.51. The number of anilines is 1. The lowest BCUT2D eigenvalue weighted by atomic mass is 10.0. The molecule has 2 aromatic carbocycles. The molecular weight excluding hydrogens is 284 g/mol. The van der Waals surface area contributed by atoms with Crippen LogP contribution < -0.4 is 4.90 Å². The molecule has 1 aliphatic heterocycles. The Balaban J connectivity index is 1.79. The molecule has 1 unspecified atom stereocenters. The number of hydrogen-bond acceptors (Lipinski definition) is 2. The molecular formula is C20H22N2O. The molecule has 0 aromatic heterocycles. The first-order valence-corrected chi connectivity index (χ1v) is 8.05. The Morgan fingerprint density at radius 3 is 2.30 bits per heavy atom. The minimum Gasteiger partial charge on any atom is -0.310 e. The molecule has 1 amide bonds. The Labute approximate surface area is 137 Å². The highest BCUT2D eigenvalue weighted by Gasteiger charge is 2.34. The van der Waals surface area contributed by atoms with Crippen LogP contribution in [0.25, 0.3) is 0 Å². The van der Waals surface area contributed by atoms with Gasteiger partial charge in [0.05, 0.1) is 6.04 Å². The smallest absolute Gasteiger partial charge is 0.244 e. The van der Waals surface area contributed by atoms with Gasteiger partial charge < -0.3 is 4.90 Å². The van der Waals surface area contributed by atoms with Crippen LogP contribution in [-0.2, 0) is 11.3 Å². The summed E-state index contributed by atoms with van der Waals surface area (Å²) >= 11 is 0. The quantitative estimate of drug-likeness (QED) is 0.790. The van der Waals surface area contributed by atoms with Gasteiger partial charge in [0.1, 0.15) is 0 Å². The fourth-order valence-electron chi connectivity index (χ4n) is 3.11. The molecule has 0 spiro atoms. The van der Waals surface area contributed by atoms with Crippen molar-refractivity contribution >= 4 is 11.6 Å². The maximum absolute atomic E-state index is 13.0. The standard InChI is InChI=1S/C20H22N2O/c1-2-9-19-20(23)22(18-12-7-4-8-13-18)15-14-21(19)16-17-10-5-3-6-11-17/h2-8,10-13,19H,1,9,14-16H2. The van der Waals surface area contributed by atoms with Gasteiger partial charge in [-0.2, -0.15) is 0 Å². The molecule has 0 bridgehead atoms. The van der Waals surface area contributed by atoms with Crippen molar-refractivity contribution in [2.75, 3.05) is 18.0 Å². The van der Waals surface area contributed by atoms with E-state index < -0.39 is 0 Å². The van der Waals surface area contributed by atoms with Gasteiger partial charge in [-0.15, -0.1) is 6.58 Å². The van der Waals surface area contributed by atoms with E-state index >= 15 is 0 Å². The highest BCUT2D eigenvalue weighted by atomic mass is 16.2. The number of piperazine rings is 1. The van der Waals surface area contributed by atoms with Crippen LogP contribution in [0.5, 0.6) is 0 Å². The summed E-state index contributed by atoms with van der Waals surface area (Å²) in [6.07, 6.45) is 2.52. The van der Waals surface area contributed by atoms with E-state index in [1.807, 2.05) is 59.5 Å². The number of hydrogen-bond donors (Lipinski definition) is 0. The summed E-state index contributed by atoms with van der Waals surface area (Å²) < 4.78 is 0. The second-order valence-corrected chi connectivity index (χ2v) is 5.82. The lowest BCUT2D eigenvalue weighted by Gasteiger charge is -2.40. The van der Waals surface area contributed by atoms with Gasteiger partial charge in [-0.05, 0) is 24.1 Å². The van der Waals surface area contributed by atoms with Crippen LogP contribution in [0.4, 0.5) is 5.69 Å². The first-order valence-electron chi connectivity index (χ1n) is 8.05. The van der Waals surface area contributed by atoms with Gasteiger partial charge in [0, 0.05) is 25.3 Å². The largest absolute Gasteiger partial charge is 0.310 e. The molecule has 1 saturated heterocycles. The van der Waals surface area contributed by atoms with Crippen LogP contribution >= 0.6 is 0 Å². The van der Waals surface area contributed by atoms with Crippen molar-refractivity contribution in [2.24, 2.45) is 0 Å². The predicted octanol–water partition coefficient (Wildman–Crippen LogP) is 3.48. The van der Waals surface area contributed by atoms with Crippen LogP contribution in [0.2, 0.25) is 0 Å². The third-order valence-corrected chi connectivity index (χ3v) is 4.29. The molecule has 0 saturated carbocycles. The number of amides is 1. The molecule has 0 radical (unpaired) electrons. The summed E-state index contributed by atoms with van der Waals surface area (Å²) in [6.45, 7) is 6.23. The van der Waals surface area contributed by atoms with E-state index in [0.717, 1.165) is 25.3 Å². The predicted molar refractivity (Wildman–Crippen MR) is 94.2 cm³/mol. The summed E-state index contributed by atoms with van der Waals surface area (Å²) in [5.74, 6) is 0.165. The maximum atomic E-state index is 13.0. The molecule has 1 heterocycles. The highest BCUT2D eigenvalue weighted by Crippen LogP contribution is 2.23. The zero-order valence-corrected chi connectivity index (χ0v) is 13.3. The van der Waals surface area contributed by atoms with Gasteiger partial charge in [-0.25, -0.2) is 0 Å². The van der Waals surface area contributed by atoms with E-state index in [-0.39, 0.29) is 11.9 Å². The zero-order chi connectivity index (χ0) is 16.1.